The van der Waals surface area contributed by atoms with Crippen LogP contribution in [0.1, 0.15) is 39.3 Å². The van der Waals surface area contributed by atoms with E-state index in [4.69, 9.17) is 14.2 Å². The second-order valence-corrected chi connectivity index (χ2v) is 6.13. The van der Waals surface area contributed by atoms with Gasteiger partial charge in [-0.2, -0.15) is 0 Å². The number of urea groups is 1. The smallest absolute Gasteiger partial charge is 0.338 e. The summed E-state index contributed by atoms with van der Waals surface area (Å²) in [6, 6.07) is 6.32. The Morgan fingerprint density at radius 2 is 2.04 bits per heavy atom. The molecule has 0 saturated carbocycles. The lowest BCUT2D eigenvalue weighted by molar-refractivity contribution is -0.141. The average molecular weight is 362 g/mol. The second-order valence-electron chi connectivity index (χ2n) is 6.13. The molecular formula is C19H26N2O5. The fourth-order valence-electron chi connectivity index (χ4n) is 2.66. The van der Waals surface area contributed by atoms with Crippen LogP contribution in [0, 0.1) is 0 Å². The molecule has 26 heavy (non-hydrogen) atoms. The number of esters is 1. The Labute approximate surface area is 153 Å². The van der Waals surface area contributed by atoms with Crippen molar-refractivity contribution in [1.29, 1.82) is 0 Å². The molecule has 2 rings (SSSR count). The highest BCUT2D eigenvalue weighted by Crippen LogP contribution is 2.29. The Morgan fingerprint density at radius 3 is 2.73 bits per heavy atom. The predicted octanol–water partition coefficient (Wildman–Crippen LogP) is 2.68. The maximum absolute atomic E-state index is 12.6. The van der Waals surface area contributed by atoms with Crippen LogP contribution in [-0.4, -0.2) is 37.9 Å². The van der Waals surface area contributed by atoms with Gasteiger partial charge in [-0.05, 0) is 45.4 Å². The van der Waals surface area contributed by atoms with Gasteiger partial charge in [0, 0.05) is 5.70 Å². The van der Waals surface area contributed by atoms with Gasteiger partial charge in [-0.25, -0.2) is 9.59 Å². The summed E-state index contributed by atoms with van der Waals surface area (Å²) in [5.74, 6) is 0.183. The molecular weight excluding hydrogens is 336 g/mol. The van der Waals surface area contributed by atoms with Crippen molar-refractivity contribution in [1.82, 2.24) is 10.6 Å². The minimum absolute atomic E-state index is 0.0688. The van der Waals surface area contributed by atoms with Crippen LogP contribution < -0.4 is 15.4 Å². The predicted molar refractivity (Wildman–Crippen MR) is 96.8 cm³/mol. The van der Waals surface area contributed by atoms with E-state index >= 15 is 0 Å². The first kappa shape index (κ1) is 19.8. The summed E-state index contributed by atoms with van der Waals surface area (Å²) in [4.78, 5) is 24.5. The monoisotopic (exact) mass is 362 g/mol. The molecule has 1 atom stereocenters. The topological polar surface area (TPSA) is 85.9 Å². The van der Waals surface area contributed by atoms with Crippen LogP contribution >= 0.6 is 0 Å². The van der Waals surface area contributed by atoms with Gasteiger partial charge in [0.15, 0.2) is 0 Å². The van der Waals surface area contributed by atoms with Crippen molar-refractivity contribution in [3.8, 4) is 5.75 Å². The Bertz CT molecular complexity index is 684. The molecule has 1 aliphatic heterocycles. The highest BCUT2D eigenvalue weighted by Gasteiger charge is 2.32. The first-order valence-electron chi connectivity index (χ1n) is 8.72. The van der Waals surface area contributed by atoms with Crippen LogP contribution in [0.15, 0.2) is 35.5 Å². The van der Waals surface area contributed by atoms with Crippen LogP contribution in [0.5, 0.6) is 5.75 Å². The summed E-state index contributed by atoms with van der Waals surface area (Å²) < 4.78 is 16.2. The number of hydrogen-bond acceptors (Lipinski definition) is 5. The van der Waals surface area contributed by atoms with Crippen molar-refractivity contribution in [2.45, 2.75) is 39.8 Å². The summed E-state index contributed by atoms with van der Waals surface area (Å²) in [6.45, 7) is 8.40. The maximum atomic E-state index is 12.6. The molecule has 1 aromatic rings. The Kier molecular flexibility index (Phi) is 7.03. The standard InChI is InChI=1S/C19H26N2O5/c1-5-24-15-8-6-7-14(11-15)17-16(13(4)20-19(23)21-17)18(22)26-10-9-25-12(2)3/h6-8,11-12,17H,5,9-10H2,1-4H3,(H2,20,21,23)/t17-/m1/s1. The molecule has 2 N–H and O–H groups in total. The quantitative estimate of drug-likeness (QED) is 0.548. The van der Waals surface area contributed by atoms with Crippen LogP contribution in [0.4, 0.5) is 4.79 Å². The molecule has 0 spiro atoms. The number of amides is 2. The zero-order valence-corrected chi connectivity index (χ0v) is 15.6. The molecule has 0 fully saturated rings. The van der Waals surface area contributed by atoms with Crippen molar-refractivity contribution in [2.24, 2.45) is 0 Å². The molecule has 7 heteroatoms. The molecule has 2 amide bonds. The SMILES string of the molecule is CCOc1cccc([C@H]2NC(=O)NC(C)=C2C(=O)OCCOC(C)C)c1. The molecule has 142 valence electrons. The lowest BCUT2D eigenvalue weighted by atomic mass is 9.95. The molecule has 7 nitrogen and oxygen atoms in total. The van der Waals surface area contributed by atoms with Crippen LogP contribution in [0.3, 0.4) is 0 Å². The molecule has 0 radical (unpaired) electrons. The fraction of sp³-hybridized carbons (Fsp3) is 0.474. The zero-order chi connectivity index (χ0) is 19.1. The lowest BCUT2D eigenvalue weighted by Gasteiger charge is -2.28. The molecule has 0 saturated heterocycles. The van der Waals surface area contributed by atoms with Crippen molar-refractivity contribution < 1.29 is 23.8 Å². The van der Waals surface area contributed by atoms with E-state index in [9.17, 15) is 9.59 Å². The largest absolute Gasteiger partial charge is 0.494 e. The van der Waals surface area contributed by atoms with E-state index in [1.807, 2.05) is 45.0 Å². The molecule has 0 unspecified atom stereocenters. The molecule has 1 aliphatic rings. The Balaban J connectivity index is 2.20. The van der Waals surface area contributed by atoms with Gasteiger partial charge in [0.25, 0.3) is 0 Å². The highest BCUT2D eigenvalue weighted by atomic mass is 16.6. The Hall–Kier alpha value is -2.54. The lowest BCUT2D eigenvalue weighted by Crippen LogP contribution is -2.45. The van der Waals surface area contributed by atoms with Gasteiger partial charge >= 0.3 is 12.0 Å². The van der Waals surface area contributed by atoms with Gasteiger partial charge in [-0.15, -0.1) is 0 Å². The third kappa shape index (κ3) is 5.23. The molecule has 1 heterocycles. The summed E-state index contributed by atoms with van der Waals surface area (Å²) in [6.07, 6.45) is 0.0688. The summed E-state index contributed by atoms with van der Waals surface area (Å²) >= 11 is 0. The summed E-state index contributed by atoms with van der Waals surface area (Å²) in [5, 5.41) is 5.40. The number of allylic oxidation sites excluding steroid dienone is 1. The number of rotatable bonds is 8. The number of ether oxygens (including phenoxy) is 3. The zero-order valence-electron chi connectivity index (χ0n) is 15.6. The number of nitrogens with one attached hydrogen (secondary N) is 2. The second kappa shape index (κ2) is 9.24. The fourth-order valence-corrected chi connectivity index (χ4v) is 2.66. The van der Waals surface area contributed by atoms with E-state index in [0.29, 0.717) is 30.2 Å². The van der Waals surface area contributed by atoms with E-state index in [1.54, 1.807) is 6.92 Å². The average Bonchev–Trinajstić information content (AvgIpc) is 2.58. The maximum Gasteiger partial charge on any atom is 0.338 e. The van der Waals surface area contributed by atoms with E-state index in [-0.39, 0.29) is 18.7 Å². The molecule has 1 aromatic carbocycles. The normalized spacial score (nSPS) is 17.0. The van der Waals surface area contributed by atoms with Crippen molar-refractivity contribution in [3.05, 3.63) is 41.1 Å². The third-order valence-electron chi connectivity index (χ3n) is 3.76. The van der Waals surface area contributed by atoms with Crippen LogP contribution in [-0.2, 0) is 14.3 Å². The number of hydrogen-bond donors (Lipinski definition) is 2. The van der Waals surface area contributed by atoms with Crippen molar-refractivity contribution >= 4 is 12.0 Å². The van der Waals surface area contributed by atoms with E-state index in [0.717, 1.165) is 5.56 Å². The summed E-state index contributed by atoms with van der Waals surface area (Å²) in [5.41, 5.74) is 1.58. The van der Waals surface area contributed by atoms with Crippen LogP contribution in [0.25, 0.3) is 0 Å². The van der Waals surface area contributed by atoms with Crippen molar-refractivity contribution in [3.63, 3.8) is 0 Å². The van der Waals surface area contributed by atoms with E-state index in [2.05, 4.69) is 10.6 Å². The van der Waals surface area contributed by atoms with Gasteiger partial charge in [0.2, 0.25) is 0 Å². The van der Waals surface area contributed by atoms with Gasteiger partial charge < -0.3 is 24.8 Å². The first-order chi connectivity index (χ1) is 12.4. The number of carbonyl (C=O) groups is 2. The molecule has 0 aromatic heterocycles. The van der Waals surface area contributed by atoms with Gasteiger partial charge in [-0.1, -0.05) is 12.1 Å². The minimum Gasteiger partial charge on any atom is -0.494 e. The number of carbonyl (C=O) groups excluding carboxylic acids is 2. The third-order valence-corrected chi connectivity index (χ3v) is 3.76. The van der Waals surface area contributed by atoms with Gasteiger partial charge in [0.05, 0.1) is 30.9 Å². The Morgan fingerprint density at radius 1 is 1.27 bits per heavy atom. The first-order valence-corrected chi connectivity index (χ1v) is 8.72. The molecule has 0 aliphatic carbocycles. The van der Waals surface area contributed by atoms with E-state index in [1.165, 1.54) is 0 Å². The van der Waals surface area contributed by atoms with Gasteiger partial charge in [-0.3, -0.25) is 0 Å². The van der Waals surface area contributed by atoms with Crippen LogP contribution in [0.2, 0.25) is 0 Å². The van der Waals surface area contributed by atoms with Gasteiger partial charge in [0.1, 0.15) is 12.4 Å². The highest BCUT2D eigenvalue weighted by molar-refractivity contribution is 5.95. The number of benzene rings is 1. The van der Waals surface area contributed by atoms with E-state index < -0.39 is 12.0 Å². The molecule has 0 bridgehead atoms. The minimum atomic E-state index is -0.609. The summed E-state index contributed by atoms with van der Waals surface area (Å²) in [7, 11) is 0. The van der Waals surface area contributed by atoms with Crippen molar-refractivity contribution in [2.75, 3.05) is 19.8 Å².